The molecule has 28 heavy (non-hydrogen) atoms. The van der Waals surface area contributed by atoms with E-state index in [1.54, 1.807) is 0 Å². The molecule has 148 valence electrons. The molecule has 0 aromatic heterocycles. The van der Waals surface area contributed by atoms with Crippen LogP contribution >= 0.6 is 11.8 Å². The zero-order chi connectivity index (χ0) is 20.8. The lowest BCUT2D eigenvalue weighted by molar-refractivity contribution is -0.127. The summed E-state index contributed by atoms with van der Waals surface area (Å²) in [6, 6.07) is 6.03. The number of aromatic hydroxyl groups is 1. The third kappa shape index (κ3) is 5.29. The molecule has 2 rings (SSSR count). The van der Waals surface area contributed by atoms with Gasteiger partial charge in [-0.3, -0.25) is 14.4 Å². The van der Waals surface area contributed by atoms with Crippen LogP contribution in [0.2, 0.25) is 0 Å². The van der Waals surface area contributed by atoms with Crippen LogP contribution in [0.3, 0.4) is 0 Å². The number of likely N-dealkylation sites (N-methyl/N-ethyl adjacent to an activating group) is 1. The van der Waals surface area contributed by atoms with Gasteiger partial charge in [0.25, 0.3) is 0 Å². The molecule has 0 heterocycles. The lowest BCUT2D eigenvalue weighted by Crippen LogP contribution is -2.46. The monoisotopic (exact) mass is 408 g/mol. The van der Waals surface area contributed by atoms with Gasteiger partial charge in [-0.2, -0.15) is 0 Å². The quantitative estimate of drug-likeness (QED) is 0.683. The van der Waals surface area contributed by atoms with Gasteiger partial charge in [0.15, 0.2) is 0 Å². The molecule has 9 heteroatoms. The number of halogens is 2. The molecule has 0 aliphatic rings. The number of amides is 2. The van der Waals surface area contributed by atoms with E-state index in [0.29, 0.717) is 0 Å². The van der Waals surface area contributed by atoms with Crippen molar-refractivity contribution in [2.45, 2.75) is 13.0 Å². The Labute approximate surface area is 164 Å². The summed E-state index contributed by atoms with van der Waals surface area (Å²) in [4.78, 5) is 35.5. The van der Waals surface area contributed by atoms with E-state index in [4.69, 9.17) is 0 Å². The Kier molecular flexibility index (Phi) is 7.11. The van der Waals surface area contributed by atoms with E-state index in [9.17, 15) is 28.3 Å². The van der Waals surface area contributed by atoms with E-state index >= 15 is 0 Å². The molecule has 2 aromatic carbocycles. The molecule has 0 bridgehead atoms. The summed E-state index contributed by atoms with van der Waals surface area (Å²) < 4.78 is 27.1. The Balaban J connectivity index is 2.23. The summed E-state index contributed by atoms with van der Waals surface area (Å²) in [5, 5.41) is 14.2. The van der Waals surface area contributed by atoms with E-state index in [-0.39, 0.29) is 28.2 Å². The van der Waals surface area contributed by atoms with Gasteiger partial charge in [-0.15, -0.1) is 0 Å². The van der Waals surface area contributed by atoms with Crippen molar-refractivity contribution < 1.29 is 28.3 Å². The number of phenolic OH excluding ortho intramolecular Hbond substituents is 1. The third-order valence-corrected chi connectivity index (χ3v) is 4.76. The fraction of sp³-hybridized carbons (Fsp3) is 0.211. The summed E-state index contributed by atoms with van der Waals surface area (Å²) in [7, 11) is 1.40. The van der Waals surface area contributed by atoms with Crippen LogP contribution in [0.5, 0.6) is 5.75 Å². The normalized spacial score (nSPS) is 11.6. The predicted molar refractivity (Wildman–Crippen MR) is 102 cm³/mol. The van der Waals surface area contributed by atoms with Gasteiger partial charge < -0.3 is 15.7 Å². The van der Waals surface area contributed by atoms with Gasteiger partial charge in [0.1, 0.15) is 23.4 Å². The number of benzene rings is 2. The maximum Gasteiger partial charge on any atom is 0.243 e. The van der Waals surface area contributed by atoms with E-state index < -0.39 is 34.6 Å². The first-order valence-corrected chi connectivity index (χ1v) is 9.15. The molecule has 0 saturated carbocycles. The molecule has 3 N–H and O–H groups in total. The van der Waals surface area contributed by atoms with Crippen LogP contribution in [0.25, 0.3) is 11.1 Å². The summed E-state index contributed by atoms with van der Waals surface area (Å²) in [5.74, 6) is -2.82. The molecule has 0 saturated heterocycles. The Morgan fingerprint density at radius 1 is 1.14 bits per heavy atom. The summed E-state index contributed by atoms with van der Waals surface area (Å²) in [5.41, 5.74) is 0.260. The minimum atomic E-state index is -0.934. The van der Waals surface area contributed by atoms with Crippen molar-refractivity contribution in [3.05, 3.63) is 53.6 Å². The van der Waals surface area contributed by atoms with Gasteiger partial charge in [0.05, 0.1) is 5.56 Å². The SMILES string of the molecule is CNC(=O)[C@H](CSC(=O)c1cc(-c2ccc(F)cc2F)ccc1O)NC(C)=O. The molecule has 6 nitrogen and oxygen atoms in total. The molecular formula is C19H18F2N2O4S. The number of carbonyl (C=O) groups is 3. The number of rotatable bonds is 6. The minimum Gasteiger partial charge on any atom is -0.507 e. The molecule has 0 unspecified atom stereocenters. The fourth-order valence-electron chi connectivity index (χ4n) is 2.43. The lowest BCUT2D eigenvalue weighted by atomic mass is 10.0. The van der Waals surface area contributed by atoms with Gasteiger partial charge in [0, 0.05) is 31.4 Å². The molecule has 0 fully saturated rings. The van der Waals surface area contributed by atoms with Crippen molar-refractivity contribution in [1.82, 2.24) is 10.6 Å². The summed E-state index contributed by atoms with van der Waals surface area (Å²) in [6.45, 7) is 1.25. The highest BCUT2D eigenvalue weighted by molar-refractivity contribution is 8.14. The minimum absolute atomic E-state index is 0.0628. The second kappa shape index (κ2) is 9.32. The van der Waals surface area contributed by atoms with E-state index in [1.165, 1.54) is 38.2 Å². The maximum absolute atomic E-state index is 14.0. The van der Waals surface area contributed by atoms with Crippen molar-refractivity contribution in [3.8, 4) is 16.9 Å². The van der Waals surface area contributed by atoms with Crippen molar-refractivity contribution in [2.75, 3.05) is 12.8 Å². The first kappa shape index (κ1) is 21.4. The second-order valence-corrected chi connectivity index (χ2v) is 6.81. The smallest absolute Gasteiger partial charge is 0.243 e. The molecule has 2 aromatic rings. The molecule has 0 radical (unpaired) electrons. The van der Waals surface area contributed by atoms with Crippen LogP contribution in [0.15, 0.2) is 36.4 Å². The average Bonchev–Trinajstić information content (AvgIpc) is 2.64. The maximum atomic E-state index is 14.0. The lowest BCUT2D eigenvalue weighted by Gasteiger charge is -2.15. The first-order chi connectivity index (χ1) is 13.2. The summed E-state index contributed by atoms with van der Waals surface area (Å²) >= 11 is 0.720. The van der Waals surface area contributed by atoms with Crippen LogP contribution in [0.1, 0.15) is 17.3 Å². The molecular weight excluding hydrogens is 390 g/mol. The number of nitrogens with one attached hydrogen (secondary N) is 2. The molecule has 0 spiro atoms. The zero-order valence-electron chi connectivity index (χ0n) is 15.1. The van der Waals surface area contributed by atoms with Gasteiger partial charge in [0.2, 0.25) is 16.9 Å². The van der Waals surface area contributed by atoms with E-state index in [2.05, 4.69) is 10.6 Å². The second-order valence-electron chi connectivity index (χ2n) is 5.82. The van der Waals surface area contributed by atoms with Crippen LogP contribution in [-0.2, 0) is 9.59 Å². The Morgan fingerprint density at radius 2 is 1.86 bits per heavy atom. The topological polar surface area (TPSA) is 95.5 Å². The van der Waals surface area contributed by atoms with Crippen molar-refractivity contribution in [1.29, 1.82) is 0 Å². The van der Waals surface area contributed by atoms with Crippen molar-refractivity contribution in [3.63, 3.8) is 0 Å². The standard InChI is InChI=1S/C19H18F2N2O4S/c1-10(24)23-16(18(26)22-2)9-28-19(27)14-7-11(3-6-17(14)25)13-5-4-12(20)8-15(13)21/h3-8,16,25H,9H2,1-2H3,(H,22,26)(H,23,24)/t16-/m0/s1. The fourth-order valence-corrected chi connectivity index (χ4v) is 3.30. The highest BCUT2D eigenvalue weighted by Crippen LogP contribution is 2.30. The zero-order valence-corrected chi connectivity index (χ0v) is 15.9. The van der Waals surface area contributed by atoms with Crippen LogP contribution in [-0.4, -0.2) is 40.9 Å². The number of phenols is 1. The third-order valence-electron chi connectivity index (χ3n) is 3.78. The van der Waals surface area contributed by atoms with Gasteiger partial charge >= 0.3 is 0 Å². The molecule has 2 amide bonds. The highest BCUT2D eigenvalue weighted by Gasteiger charge is 2.22. The predicted octanol–water partition coefficient (Wildman–Crippen LogP) is 2.46. The Bertz CT molecular complexity index is 921. The van der Waals surface area contributed by atoms with Crippen molar-refractivity contribution in [2.24, 2.45) is 0 Å². The molecule has 0 aliphatic heterocycles. The summed E-state index contributed by atoms with van der Waals surface area (Å²) in [6.07, 6.45) is 0. The van der Waals surface area contributed by atoms with Crippen LogP contribution < -0.4 is 10.6 Å². The van der Waals surface area contributed by atoms with Gasteiger partial charge in [-0.1, -0.05) is 17.8 Å². The highest BCUT2D eigenvalue weighted by atomic mass is 32.2. The van der Waals surface area contributed by atoms with E-state index in [0.717, 1.165) is 23.9 Å². The largest absolute Gasteiger partial charge is 0.507 e. The number of carbonyl (C=O) groups excluding carboxylic acids is 3. The van der Waals surface area contributed by atoms with Gasteiger partial charge in [-0.05, 0) is 29.8 Å². The number of thioether (sulfide) groups is 1. The Morgan fingerprint density at radius 3 is 2.46 bits per heavy atom. The van der Waals surface area contributed by atoms with Crippen LogP contribution in [0.4, 0.5) is 8.78 Å². The Hall–Kier alpha value is -2.94. The van der Waals surface area contributed by atoms with Gasteiger partial charge in [-0.25, -0.2) is 8.78 Å². The molecule has 1 atom stereocenters. The van der Waals surface area contributed by atoms with E-state index in [1.807, 2.05) is 0 Å². The number of hydrogen-bond donors (Lipinski definition) is 3. The number of hydrogen-bond acceptors (Lipinski definition) is 5. The van der Waals surface area contributed by atoms with Crippen LogP contribution in [0, 0.1) is 11.6 Å². The molecule has 0 aliphatic carbocycles. The van der Waals surface area contributed by atoms with Crippen molar-refractivity contribution >= 4 is 28.7 Å². The first-order valence-electron chi connectivity index (χ1n) is 8.17. The average molecular weight is 408 g/mol.